The van der Waals surface area contributed by atoms with Crippen LogP contribution in [0.15, 0.2) is 36.1 Å². The van der Waals surface area contributed by atoms with E-state index >= 15 is 0 Å². The minimum Gasteiger partial charge on any atom is -0.482 e. The topological polar surface area (TPSA) is 26.3 Å². The van der Waals surface area contributed by atoms with Gasteiger partial charge in [0.1, 0.15) is 6.10 Å². The van der Waals surface area contributed by atoms with Crippen molar-refractivity contribution >= 4 is 5.78 Å². The highest BCUT2D eigenvalue weighted by atomic mass is 19.4. The fourth-order valence-corrected chi connectivity index (χ4v) is 1.81. The minimum atomic E-state index is -4.37. The molecule has 0 N–H and O–H groups in total. The molecule has 0 bridgehead atoms. The van der Waals surface area contributed by atoms with Gasteiger partial charge in [-0.25, -0.2) is 0 Å². The monoisotopic (exact) mass is 256 g/mol. The molecule has 1 aliphatic heterocycles. The van der Waals surface area contributed by atoms with E-state index in [-0.39, 0.29) is 11.5 Å². The van der Waals surface area contributed by atoms with Crippen LogP contribution in [0.4, 0.5) is 13.2 Å². The van der Waals surface area contributed by atoms with Gasteiger partial charge in [0.2, 0.25) is 0 Å². The van der Waals surface area contributed by atoms with Crippen LogP contribution >= 0.6 is 0 Å². The molecule has 96 valence electrons. The Balaban J connectivity index is 2.19. The third kappa shape index (κ3) is 2.55. The van der Waals surface area contributed by atoms with Crippen LogP contribution in [0, 0.1) is 0 Å². The van der Waals surface area contributed by atoms with E-state index in [0.717, 1.165) is 12.1 Å². The normalized spacial score (nSPS) is 19.3. The molecule has 1 aromatic rings. The van der Waals surface area contributed by atoms with Crippen LogP contribution in [0.25, 0.3) is 0 Å². The number of allylic oxidation sites excluding steroid dienone is 1. The van der Waals surface area contributed by atoms with Gasteiger partial charge in [-0.15, -0.1) is 0 Å². The first-order valence-corrected chi connectivity index (χ1v) is 5.43. The molecule has 0 unspecified atom stereocenters. The molecule has 0 amide bonds. The Morgan fingerprint density at radius 1 is 1.39 bits per heavy atom. The summed E-state index contributed by atoms with van der Waals surface area (Å²) in [6, 6.07) is 4.98. The van der Waals surface area contributed by atoms with Gasteiger partial charge in [-0.2, -0.15) is 13.2 Å². The number of Topliss-reactive ketones (excluding diaryl/α,β-unsaturated/α-hetero) is 1. The Kier molecular flexibility index (Phi) is 3.15. The number of ketones is 1. The van der Waals surface area contributed by atoms with Crippen LogP contribution in [0.3, 0.4) is 0 Å². The number of hydrogen-bond donors (Lipinski definition) is 0. The fraction of sp³-hybridized carbons (Fsp3) is 0.308. The molecule has 1 aromatic carbocycles. The van der Waals surface area contributed by atoms with Crippen LogP contribution in [0.2, 0.25) is 0 Å². The molecule has 0 saturated carbocycles. The molecule has 1 heterocycles. The maximum absolute atomic E-state index is 12.6. The van der Waals surface area contributed by atoms with Gasteiger partial charge in [-0.3, -0.25) is 4.79 Å². The molecule has 2 nitrogen and oxygen atoms in total. The zero-order valence-electron chi connectivity index (χ0n) is 9.62. The lowest BCUT2D eigenvalue weighted by atomic mass is 10.0. The van der Waals surface area contributed by atoms with E-state index in [2.05, 4.69) is 0 Å². The van der Waals surface area contributed by atoms with Gasteiger partial charge in [0, 0.05) is 13.3 Å². The second kappa shape index (κ2) is 4.48. The first kappa shape index (κ1) is 12.7. The number of halogens is 3. The lowest BCUT2D eigenvalue weighted by molar-refractivity contribution is -0.137. The van der Waals surface area contributed by atoms with Crippen molar-refractivity contribution in [3.8, 4) is 0 Å². The smallest absolute Gasteiger partial charge is 0.416 e. The molecule has 1 aliphatic rings. The summed E-state index contributed by atoms with van der Waals surface area (Å²) in [6.07, 6.45) is -2.86. The summed E-state index contributed by atoms with van der Waals surface area (Å²) in [4.78, 5) is 11.1. The maximum Gasteiger partial charge on any atom is 0.416 e. The van der Waals surface area contributed by atoms with E-state index in [9.17, 15) is 18.0 Å². The fourth-order valence-electron chi connectivity index (χ4n) is 1.81. The molecule has 0 fully saturated rings. The first-order chi connectivity index (χ1) is 8.38. The predicted octanol–water partition coefficient (Wildman–Crippen LogP) is 3.64. The standard InChI is InChI=1S/C13H11F3O2/c1-8(17)11-5-6-12(18-11)9-3-2-4-10(7-9)13(14,15)16/h2-5,7,12H,6H2,1H3/t12-/m0/s1. The highest BCUT2D eigenvalue weighted by Crippen LogP contribution is 2.35. The number of hydrogen-bond acceptors (Lipinski definition) is 2. The largest absolute Gasteiger partial charge is 0.482 e. The van der Waals surface area contributed by atoms with Gasteiger partial charge in [-0.05, 0) is 23.8 Å². The number of ether oxygens (including phenoxy) is 1. The molecule has 18 heavy (non-hydrogen) atoms. The lowest BCUT2D eigenvalue weighted by Crippen LogP contribution is -2.07. The number of benzene rings is 1. The van der Waals surface area contributed by atoms with E-state index in [1.165, 1.54) is 13.0 Å². The van der Waals surface area contributed by atoms with Gasteiger partial charge in [-0.1, -0.05) is 12.1 Å². The highest BCUT2D eigenvalue weighted by molar-refractivity contribution is 5.91. The van der Waals surface area contributed by atoms with E-state index in [4.69, 9.17) is 4.74 Å². The molecule has 1 atom stereocenters. The minimum absolute atomic E-state index is 0.218. The van der Waals surface area contributed by atoms with Crippen molar-refractivity contribution in [1.82, 2.24) is 0 Å². The summed E-state index contributed by atoms with van der Waals surface area (Å²) in [5.74, 6) is 0.00175. The SMILES string of the molecule is CC(=O)C1=CC[C@@H](c2cccc(C(F)(F)F)c2)O1. The van der Waals surface area contributed by atoms with Crippen molar-refractivity contribution in [1.29, 1.82) is 0 Å². The summed E-state index contributed by atoms with van der Waals surface area (Å²) < 4.78 is 43.0. The Labute approximate surface area is 102 Å². The molecule has 2 rings (SSSR count). The van der Waals surface area contributed by atoms with Crippen LogP contribution in [0.1, 0.15) is 30.6 Å². The van der Waals surface area contributed by atoms with Gasteiger partial charge in [0.05, 0.1) is 5.56 Å². The number of rotatable bonds is 2. The average Bonchev–Trinajstić information content (AvgIpc) is 2.77. The zero-order valence-corrected chi connectivity index (χ0v) is 9.62. The van der Waals surface area contributed by atoms with Gasteiger partial charge < -0.3 is 4.74 Å². The van der Waals surface area contributed by atoms with Gasteiger partial charge in [0.15, 0.2) is 11.5 Å². The lowest BCUT2D eigenvalue weighted by Gasteiger charge is -2.14. The number of carbonyl (C=O) groups is 1. The van der Waals surface area contributed by atoms with Crippen molar-refractivity contribution in [3.63, 3.8) is 0 Å². The van der Waals surface area contributed by atoms with Crippen molar-refractivity contribution in [2.75, 3.05) is 0 Å². The summed E-state index contributed by atoms with van der Waals surface area (Å²) in [5.41, 5.74) is -0.280. The van der Waals surface area contributed by atoms with Crippen molar-refractivity contribution in [3.05, 3.63) is 47.2 Å². The molecular weight excluding hydrogens is 245 g/mol. The summed E-state index contributed by atoms with van der Waals surface area (Å²) in [5, 5.41) is 0. The third-order valence-corrected chi connectivity index (χ3v) is 2.72. The van der Waals surface area contributed by atoms with Crippen LogP contribution in [-0.4, -0.2) is 5.78 Å². The Morgan fingerprint density at radius 3 is 2.67 bits per heavy atom. The van der Waals surface area contributed by atoms with Gasteiger partial charge >= 0.3 is 6.18 Å². The summed E-state index contributed by atoms with van der Waals surface area (Å²) in [7, 11) is 0. The predicted molar refractivity (Wildman–Crippen MR) is 58.7 cm³/mol. The molecule has 0 saturated heterocycles. The second-order valence-electron chi connectivity index (χ2n) is 4.09. The van der Waals surface area contributed by atoms with Crippen molar-refractivity contribution in [2.24, 2.45) is 0 Å². The summed E-state index contributed by atoms with van der Waals surface area (Å²) in [6.45, 7) is 1.36. The molecule has 0 spiro atoms. The van der Waals surface area contributed by atoms with Crippen molar-refractivity contribution in [2.45, 2.75) is 25.6 Å². The third-order valence-electron chi connectivity index (χ3n) is 2.72. The molecular formula is C13H11F3O2. The molecule has 0 aromatic heterocycles. The molecule has 0 aliphatic carbocycles. The van der Waals surface area contributed by atoms with Crippen LogP contribution in [0.5, 0.6) is 0 Å². The van der Waals surface area contributed by atoms with E-state index < -0.39 is 17.8 Å². The Bertz CT molecular complexity index is 503. The quantitative estimate of drug-likeness (QED) is 0.807. The highest BCUT2D eigenvalue weighted by Gasteiger charge is 2.31. The number of carbonyl (C=O) groups excluding carboxylic acids is 1. The zero-order chi connectivity index (χ0) is 13.3. The Hall–Kier alpha value is -1.78. The van der Waals surface area contributed by atoms with E-state index in [1.54, 1.807) is 12.1 Å². The van der Waals surface area contributed by atoms with Crippen LogP contribution in [-0.2, 0) is 15.7 Å². The maximum atomic E-state index is 12.6. The average molecular weight is 256 g/mol. The molecule has 5 heteroatoms. The van der Waals surface area contributed by atoms with Gasteiger partial charge in [0.25, 0.3) is 0 Å². The molecule has 0 radical (unpaired) electrons. The number of alkyl halides is 3. The van der Waals surface area contributed by atoms with E-state index in [0.29, 0.717) is 12.0 Å². The van der Waals surface area contributed by atoms with E-state index in [1.807, 2.05) is 0 Å². The first-order valence-electron chi connectivity index (χ1n) is 5.43. The summed E-state index contributed by atoms with van der Waals surface area (Å²) >= 11 is 0. The van der Waals surface area contributed by atoms with Crippen molar-refractivity contribution < 1.29 is 22.7 Å². The van der Waals surface area contributed by atoms with Crippen LogP contribution < -0.4 is 0 Å². The second-order valence-corrected chi connectivity index (χ2v) is 4.09. The Morgan fingerprint density at radius 2 is 2.11 bits per heavy atom.